The van der Waals surface area contributed by atoms with E-state index in [0.29, 0.717) is 11.8 Å². The van der Waals surface area contributed by atoms with E-state index in [-0.39, 0.29) is 0 Å². The van der Waals surface area contributed by atoms with E-state index in [1.165, 1.54) is 6.42 Å². The Bertz CT molecular complexity index is 450. The zero-order chi connectivity index (χ0) is 14.7. The van der Waals surface area contributed by atoms with Gasteiger partial charge >= 0.3 is 0 Å². The molecule has 2 unspecified atom stereocenters. The molecule has 0 saturated carbocycles. The Morgan fingerprint density at radius 1 is 1.25 bits per heavy atom. The largest absolute Gasteiger partial charge is 0.356 e. The van der Waals surface area contributed by atoms with Gasteiger partial charge in [0.2, 0.25) is 0 Å². The van der Waals surface area contributed by atoms with Gasteiger partial charge in [-0.25, -0.2) is 15.8 Å². The molecule has 0 aliphatic carbocycles. The average Bonchev–Trinajstić information content (AvgIpc) is 2.39. The number of nitrogens with zero attached hydrogens (tertiary/aromatic N) is 3. The Morgan fingerprint density at radius 2 is 1.90 bits per heavy atom. The number of nitrogens with two attached hydrogens (primary N) is 1. The van der Waals surface area contributed by atoms with Gasteiger partial charge in [-0.15, -0.1) is 0 Å². The smallest absolute Gasteiger partial charge is 0.148 e. The van der Waals surface area contributed by atoms with Gasteiger partial charge in [-0.1, -0.05) is 20.8 Å². The Hall–Kier alpha value is -1.36. The highest BCUT2D eigenvalue weighted by Gasteiger charge is 2.25. The van der Waals surface area contributed by atoms with Crippen molar-refractivity contribution in [2.75, 3.05) is 23.4 Å². The molecule has 2 atom stereocenters. The van der Waals surface area contributed by atoms with Crippen LogP contribution in [0.1, 0.15) is 45.0 Å². The summed E-state index contributed by atoms with van der Waals surface area (Å²) in [6.45, 7) is 11.0. The summed E-state index contributed by atoms with van der Waals surface area (Å²) in [5, 5.41) is 0. The number of aryl methyl sites for hydroxylation is 1. The van der Waals surface area contributed by atoms with Crippen LogP contribution in [0.5, 0.6) is 0 Å². The lowest BCUT2D eigenvalue weighted by Crippen LogP contribution is -2.40. The average molecular weight is 277 g/mol. The van der Waals surface area contributed by atoms with Crippen molar-refractivity contribution in [3.8, 4) is 0 Å². The first kappa shape index (κ1) is 15.0. The monoisotopic (exact) mass is 277 g/mol. The Labute approximate surface area is 121 Å². The standard InChI is InChI=1S/C15H27N5/c1-5-6-13-17-14(19-16)12(4)15(18-13)20-8-10(2)7-11(3)9-20/h10-11H,5-9,16H2,1-4H3,(H,17,18,19). The fraction of sp³-hybridized carbons (Fsp3) is 0.733. The number of hydrogen-bond acceptors (Lipinski definition) is 5. The van der Waals surface area contributed by atoms with Crippen molar-refractivity contribution >= 4 is 11.6 Å². The maximum Gasteiger partial charge on any atom is 0.148 e. The van der Waals surface area contributed by atoms with Crippen molar-refractivity contribution < 1.29 is 0 Å². The van der Waals surface area contributed by atoms with Crippen LogP contribution in [0.15, 0.2) is 0 Å². The SMILES string of the molecule is CCCc1nc(NN)c(C)c(N2CC(C)CC(C)C2)n1. The molecule has 1 aromatic heterocycles. The van der Waals surface area contributed by atoms with E-state index in [1.54, 1.807) is 0 Å². The van der Waals surface area contributed by atoms with Crippen LogP contribution >= 0.6 is 0 Å². The topological polar surface area (TPSA) is 67.1 Å². The molecule has 1 aromatic rings. The van der Waals surface area contributed by atoms with Crippen LogP contribution in [0.2, 0.25) is 0 Å². The second-order valence-electron chi connectivity index (χ2n) is 6.18. The molecule has 1 aliphatic heterocycles. The summed E-state index contributed by atoms with van der Waals surface area (Å²) in [5.41, 5.74) is 3.77. The summed E-state index contributed by atoms with van der Waals surface area (Å²) in [5.74, 6) is 9.71. The third kappa shape index (κ3) is 3.20. The Kier molecular flexibility index (Phi) is 4.81. The quantitative estimate of drug-likeness (QED) is 0.654. The number of hydrogen-bond donors (Lipinski definition) is 2. The van der Waals surface area contributed by atoms with E-state index in [4.69, 9.17) is 10.8 Å². The first-order valence-electron chi connectivity index (χ1n) is 7.64. The van der Waals surface area contributed by atoms with E-state index in [1.807, 2.05) is 6.92 Å². The lowest BCUT2D eigenvalue weighted by Gasteiger charge is -2.36. The van der Waals surface area contributed by atoms with E-state index in [0.717, 1.165) is 49.0 Å². The summed E-state index contributed by atoms with van der Waals surface area (Å²) in [4.78, 5) is 11.7. The minimum Gasteiger partial charge on any atom is -0.356 e. The van der Waals surface area contributed by atoms with E-state index in [2.05, 4.69) is 36.1 Å². The molecule has 1 saturated heterocycles. The fourth-order valence-electron chi connectivity index (χ4n) is 3.17. The van der Waals surface area contributed by atoms with Gasteiger partial charge in [0.05, 0.1) is 0 Å². The first-order valence-corrected chi connectivity index (χ1v) is 7.64. The molecule has 0 bridgehead atoms. The normalized spacial score (nSPS) is 22.9. The molecule has 1 aliphatic rings. The van der Waals surface area contributed by atoms with Gasteiger partial charge in [0.1, 0.15) is 17.5 Å². The molecular weight excluding hydrogens is 250 g/mol. The maximum atomic E-state index is 5.61. The van der Waals surface area contributed by atoms with Crippen LogP contribution in [-0.4, -0.2) is 23.1 Å². The van der Waals surface area contributed by atoms with Gasteiger partial charge < -0.3 is 10.3 Å². The number of nitrogens with one attached hydrogen (secondary N) is 1. The predicted octanol–water partition coefficient (Wildman–Crippen LogP) is 2.51. The molecule has 0 spiro atoms. The lowest BCUT2D eigenvalue weighted by atomic mass is 9.92. The summed E-state index contributed by atoms with van der Waals surface area (Å²) in [7, 11) is 0. The van der Waals surface area contributed by atoms with E-state index in [9.17, 15) is 0 Å². The Morgan fingerprint density at radius 3 is 2.45 bits per heavy atom. The molecule has 0 aromatic carbocycles. The van der Waals surface area contributed by atoms with Gasteiger partial charge in [-0.05, 0) is 31.6 Å². The molecule has 112 valence electrons. The fourth-order valence-corrected chi connectivity index (χ4v) is 3.17. The predicted molar refractivity (Wildman–Crippen MR) is 83.7 cm³/mol. The molecule has 3 N–H and O–H groups in total. The lowest BCUT2D eigenvalue weighted by molar-refractivity contribution is 0.355. The van der Waals surface area contributed by atoms with Crippen molar-refractivity contribution in [2.45, 2.75) is 47.0 Å². The van der Waals surface area contributed by atoms with Crippen molar-refractivity contribution in [3.63, 3.8) is 0 Å². The zero-order valence-corrected chi connectivity index (χ0v) is 13.1. The number of hydrazine groups is 1. The second kappa shape index (κ2) is 6.39. The molecule has 0 radical (unpaired) electrons. The number of nitrogen functional groups attached to an aromatic ring is 1. The van der Waals surface area contributed by atoms with Crippen molar-refractivity contribution in [1.82, 2.24) is 9.97 Å². The molecule has 2 heterocycles. The van der Waals surface area contributed by atoms with E-state index >= 15 is 0 Å². The third-order valence-electron chi connectivity index (χ3n) is 3.95. The summed E-state index contributed by atoms with van der Waals surface area (Å²) in [6.07, 6.45) is 3.23. The van der Waals surface area contributed by atoms with Gasteiger partial charge in [0, 0.05) is 25.1 Å². The molecule has 2 rings (SSSR count). The number of aromatic nitrogens is 2. The second-order valence-corrected chi connectivity index (χ2v) is 6.18. The van der Waals surface area contributed by atoms with Gasteiger partial charge in [0.15, 0.2) is 0 Å². The Balaban J connectivity index is 2.35. The summed E-state index contributed by atoms with van der Waals surface area (Å²) in [6, 6.07) is 0. The molecular formula is C15H27N5. The molecule has 5 nitrogen and oxygen atoms in total. The van der Waals surface area contributed by atoms with Crippen LogP contribution < -0.4 is 16.2 Å². The minimum absolute atomic E-state index is 0.706. The number of anilines is 2. The first-order chi connectivity index (χ1) is 9.55. The van der Waals surface area contributed by atoms with Crippen molar-refractivity contribution in [3.05, 3.63) is 11.4 Å². The van der Waals surface area contributed by atoms with Crippen LogP contribution in [-0.2, 0) is 6.42 Å². The van der Waals surface area contributed by atoms with E-state index < -0.39 is 0 Å². The van der Waals surface area contributed by atoms with Gasteiger partial charge in [-0.2, -0.15) is 0 Å². The highest BCUT2D eigenvalue weighted by molar-refractivity contribution is 5.58. The van der Waals surface area contributed by atoms with Gasteiger partial charge in [0.25, 0.3) is 0 Å². The third-order valence-corrected chi connectivity index (χ3v) is 3.95. The summed E-state index contributed by atoms with van der Waals surface area (Å²) >= 11 is 0. The van der Waals surface area contributed by atoms with Crippen molar-refractivity contribution in [2.24, 2.45) is 17.7 Å². The van der Waals surface area contributed by atoms with Crippen LogP contribution in [0.25, 0.3) is 0 Å². The van der Waals surface area contributed by atoms with Crippen LogP contribution in [0, 0.1) is 18.8 Å². The minimum atomic E-state index is 0.706. The highest BCUT2D eigenvalue weighted by Crippen LogP contribution is 2.29. The van der Waals surface area contributed by atoms with Gasteiger partial charge in [-0.3, -0.25) is 0 Å². The molecule has 1 fully saturated rings. The number of rotatable bonds is 4. The highest BCUT2D eigenvalue weighted by atomic mass is 15.3. The van der Waals surface area contributed by atoms with Crippen LogP contribution in [0.4, 0.5) is 11.6 Å². The zero-order valence-electron chi connectivity index (χ0n) is 13.1. The maximum absolute atomic E-state index is 5.61. The van der Waals surface area contributed by atoms with Crippen LogP contribution in [0.3, 0.4) is 0 Å². The molecule has 5 heteroatoms. The number of piperidine rings is 1. The molecule has 20 heavy (non-hydrogen) atoms. The molecule has 0 amide bonds. The summed E-state index contributed by atoms with van der Waals surface area (Å²) < 4.78 is 0. The van der Waals surface area contributed by atoms with Crippen molar-refractivity contribution in [1.29, 1.82) is 0 Å².